The molecule has 4 nitrogen and oxygen atoms in total. The molecule has 80 valence electrons. The predicted molar refractivity (Wildman–Crippen MR) is 52.7 cm³/mol. The lowest BCUT2D eigenvalue weighted by molar-refractivity contribution is -0.148. The summed E-state index contributed by atoms with van der Waals surface area (Å²) in [6.07, 6.45) is 2.13. The minimum absolute atomic E-state index is 0.299. The number of amides is 1. The highest BCUT2D eigenvalue weighted by Crippen LogP contribution is 2.32. The number of carbonyl (C=O) groups is 1. The smallest absolute Gasteiger partial charge is 0.225 e. The molecule has 1 atom stereocenters. The second kappa shape index (κ2) is 3.51. The summed E-state index contributed by atoms with van der Waals surface area (Å²) in [5, 5.41) is 0. The van der Waals surface area contributed by atoms with Crippen LogP contribution in [-0.2, 0) is 9.53 Å². The van der Waals surface area contributed by atoms with E-state index >= 15 is 0 Å². The van der Waals surface area contributed by atoms with Crippen molar-refractivity contribution in [3.8, 4) is 0 Å². The van der Waals surface area contributed by atoms with Gasteiger partial charge in [-0.2, -0.15) is 0 Å². The van der Waals surface area contributed by atoms with Crippen LogP contribution in [0.2, 0.25) is 0 Å². The van der Waals surface area contributed by atoms with Crippen LogP contribution in [0.15, 0.2) is 0 Å². The number of morpholine rings is 1. The molecule has 0 aromatic heterocycles. The minimum Gasteiger partial charge on any atom is -0.370 e. The topological polar surface area (TPSA) is 55.6 Å². The van der Waals surface area contributed by atoms with Gasteiger partial charge in [-0.25, -0.2) is 0 Å². The number of hydrogen-bond acceptors (Lipinski definition) is 3. The van der Waals surface area contributed by atoms with E-state index in [1.807, 2.05) is 11.8 Å². The molecule has 2 N–H and O–H groups in total. The first-order valence-electron chi connectivity index (χ1n) is 5.27. The van der Waals surface area contributed by atoms with Crippen molar-refractivity contribution >= 4 is 5.91 Å². The number of nitrogens with zero attached hydrogens (tertiary/aromatic N) is 1. The highest BCUT2D eigenvalue weighted by Gasteiger charge is 2.38. The van der Waals surface area contributed by atoms with Crippen LogP contribution < -0.4 is 5.73 Å². The SMILES string of the molecule is CC1(CN)CN(C(=O)C2CC2)CCO1. The Bertz CT molecular complexity index is 240. The van der Waals surface area contributed by atoms with Crippen LogP contribution in [0.5, 0.6) is 0 Å². The van der Waals surface area contributed by atoms with Gasteiger partial charge in [0.1, 0.15) is 0 Å². The standard InChI is InChI=1S/C10H18N2O2/c1-10(6-11)7-12(4-5-14-10)9(13)8-2-3-8/h8H,2-7,11H2,1H3. The van der Waals surface area contributed by atoms with E-state index in [0.29, 0.717) is 31.5 Å². The summed E-state index contributed by atoms with van der Waals surface area (Å²) >= 11 is 0. The van der Waals surface area contributed by atoms with Gasteiger partial charge in [-0.05, 0) is 19.8 Å². The Morgan fingerprint density at radius 2 is 2.36 bits per heavy atom. The normalized spacial score (nSPS) is 33.1. The van der Waals surface area contributed by atoms with E-state index in [2.05, 4.69) is 0 Å². The molecule has 2 fully saturated rings. The van der Waals surface area contributed by atoms with Gasteiger partial charge < -0.3 is 15.4 Å². The minimum atomic E-state index is -0.331. The van der Waals surface area contributed by atoms with Gasteiger partial charge in [-0.15, -0.1) is 0 Å². The lowest BCUT2D eigenvalue weighted by Crippen LogP contribution is -2.55. The third kappa shape index (κ3) is 1.91. The van der Waals surface area contributed by atoms with Crippen LogP contribution in [-0.4, -0.2) is 42.6 Å². The van der Waals surface area contributed by atoms with Crippen molar-refractivity contribution in [3.63, 3.8) is 0 Å². The number of hydrogen-bond donors (Lipinski definition) is 1. The Balaban J connectivity index is 1.96. The van der Waals surface area contributed by atoms with Crippen LogP contribution in [0.1, 0.15) is 19.8 Å². The maximum atomic E-state index is 11.8. The molecule has 0 aromatic carbocycles. The molecule has 0 spiro atoms. The zero-order chi connectivity index (χ0) is 10.2. The first-order valence-corrected chi connectivity index (χ1v) is 5.27. The Hall–Kier alpha value is -0.610. The fourth-order valence-electron chi connectivity index (χ4n) is 1.83. The van der Waals surface area contributed by atoms with Crippen molar-refractivity contribution in [3.05, 3.63) is 0 Å². The molecule has 1 heterocycles. The summed E-state index contributed by atoms with van der Waals surface area (Å²) in [6, 6.07) is 0. The van der Waals surface area contributed by atoms with Gasteiger partial charge in [0.15, 0.2) is 0 Å². The van der Waals surface area contributed by atoms with Crippen molar-refractivity contribution in [2.45, 2.75) is 25.4 Å². The summed E-state index contributed by atoms with van der Waals surface area (Å²) in [5.41, 5.74) is 5.30. The van der Waals surface area contributed by atoms with Crippen LogP contribution in [0.3, 0.4) is 0 Å². The molecule has 14 heavy (non-hydrogen) atoms. The Morgan fingerprint density at radius 1 is 1.64 bits per heavy atom. The Kier molecular flexibility index (Phi) is 2.49. The summed E-state index contributed by atoms with van der Waals surface area (Å²) in [7, 11) is 0. The number of nitrogens with two attached hydrogens (primary N) is 1. The van der Waals surface area contributed by atoms with Crippen LogP contribution >= 0.6 is 0 Å². The van der Waals surface area contributed by atoms with Gasteiger partial charge in [-0.3, -0.25) is 4.79 Å². The summed E-state index contributed by atoms with van der Waals surface area (Å²) < 4.78 is 5.58. The van der Waals surface area contributed by atoms with E-state index in [-0.39, 0.29) is 5.60 Å². The first-order chi connectivity index (χ1) is 6.64. The quantitative estimate of drug-likeness (QED) is 0.678. The molecule has 1 saturated carbocycles. The fraction of sp³-hybridized carbons (Fsp3) is 0.900. The van der Waals surface area contributed by atoms with Crippen LogP contribution in [0.4, 0.5) is 0 Å². The summed E-state index contributed by atoms with van der Waals surface area (Å²) in [4.78, 5) is 13.7. The van der Waals surface area contributed by atoms with E-state index in [4.69, 9.17) is 10.5 Å². The molecular formula is C10H18N2O2. The van der Waals surface area contributed by atoms with E-state index in [0.717, 1.165) is 19.4 Å². The van der Waals surface area contributed by atoms with Gasteiger partial charge in [0.05, 0.1) is 18.8 Å². The highest BCUT2D eigenvalue weighted by molar-refractivity contribution is 5.81. The van der Waals surface area contributed by atoms with Crippen molar-refractivity contribution in [2.24, 2.45) is 11.7 Å². The van der Waals surface area contributed by atoms with Gasteiger partial charge >= 0.3 is 0 Å². The fourth-order valence-corrected chi connectivity index (χ4v) is 1.83. The van der Waals surface area contributed by atoms with E-state index < -0.39 is 0 Å². The van der Waals surface area contributed by atoms with Crippen molar-refractivity contribution < 1.29 is 9.53 Å². The average Bonchev–Trinajstić information content (AvgIpc) is 3.00. The third-order valence-corrected chi connectivity index (χ3v) is 3.01. The van der Waals surface area contributed by atoms with E-state index in [9.17, 15) is 4.79 Å². The van der Waals surface area contributed by atoms with Crippen molar-refractivity contribution in [1.82, 2.24) is 4.90 Å². The average molecular weight is 198 g/mol. The van der Waals surface area contributed by atoms with Crippen LogP contribution in [0.25, 0.3) is 0 Å². The molecule has 2 aliphatic rings. The molecule has 2 rings (SSSR count). The Morgan fingerprint density at radius 3 is 2.93 bits per heavy atom. The molecule has 1 aliphatic carbocycles. The molecule has 0 aromatic rings. The van der Waals surface area contributed by atoms with Gasteiger partial charge in [-0.1, -0.05) is 0 Å². The number of ether oxygens (including phenoxy) is 1. The van der Waals surface area contributed by atoms with E-state index in [1.54, 1.807) is 0 Å². The zero-order valence-corrected chi connectivity index (χ0v) is 8.66. The summed E-state index contributed by atoms with van der Waals surface area (Å²) in [5.74, 6) is 0.600. The lowest BCUT2D eigenvalue weighted by atomic mass is 10.0. The highest BCUT2D eigenvalue weighted by atomic mass is 16.5. The predicted octanol–water partition coefficient (Wildman–Crippen LogP) is -0.0274. The van der Waals surface area contributed by atoms with Crippen molar-refractivity contribution in [2.75, 3.05) is 26.2 Å². The molecule has 1 saturated heterocycles. The zero-order valence-electron chi connectivity index (χ0n) is 8.66. The molecule has 1 unspecified atom stereocenters. The molecular weight excluding hydrogens is 180 g/mol. The second-order valence-electron chi connectivity index (χ2n) is 4.54. The molecule has 4 heteroatoms. The largest absolute Gasteiger partial charge is 0.370 e. The van der Waals surface area contributed by atoms with Gasteiger partial charge in [0, 0.05) is 19.0 Å². The Labute approximate surface area is 84.4 Å². The molecule has 0 bridgehead atoms. The van der Waals surface area contributed by atoms with Gasteiger partial charge in [0.2, 0.25) is 5.91 Å². The lowest BCUT2D eigenvalue weighted by Gasteiger charge is -2.39. The third-order valence-electron chi connectivity index (χ3n) is 3.01. The second-order valence-corrected chi connectivity index (χ2v) is 4.54. The van der Waals surface area contributed by atoms with Gasteiger partial charge in [0.25, 0.3) is 0 Å². The monoisotopic (exact) mass is 198 g/mol. The maximum absolute atomic E-state index is 11.8. The van der Waals surface area contributed by atoms with Crippen LogP contribution in [0, 0.1) is 5.92 Å². The molecule has 1 amide bonds. The maximum Gasteiger partial charge on any atom is 0.225 e. The number of carbonyl (C=O) groups excluding carboxylic acids is 1. The first kappa shape index (κ1) is 9.93. The van der Waals surface area contributed by atoms with Crippen molar-refractivity contribution in [1.29, 1.82) is 0 Å². The summed E-state index contributed by atoms with van der Waals surface area (Å²) in [6.45, 7) is 4.44. The number of rotatable bonds is 2. The molecule has 0 radical (unpaired) electrons. The van der Waals surface area contributed by atoms with E-state index in [1.165, 1.54) is 0 Å². The molecule has 1 aliphatic heterocycles.